The molecule has 1 N–H and O–H groups in total. The summed E-state index contributed by atoms with van der Waals surface area (Å²) < 4.78 is 0. The molecule has 5 heteroatoms. The number of phenolic OH excluding ortho intramolecular Hbond substituents is 1. The summed E-state index contributed by atoms with van der Waals surface area (Å²) in [6.07, 6.45) is 0.997. The van der Waals surface area contributed by atoms with E-state index in [0.29, 0.717) is 5.56 Å². The first-order valence-electron chi connectivity index (χ1n) is 6.99. The Hall–Kier alpha value is -1.07. The summed E-state index contributed by atoms with van der Waals surface area (Å²) >= 11 is 3.46. The summed E-state index contributed by atoms with van der Waals surface area (Å²) in [6.45, 7) is 6.33. The Labute approximate surface area is 128 Å². The number of amides is 1. The van der Waals surface area contributed by atoms with Crippen molar-refractivity contribution in [2.45, 2.75) is 13.3 Å². The van der Waals surface area contributed by atoms with Crippen molar-refractivity contribution in [1.82, 2.24) is 9.80 Å². The Kier molecular flexibility index (Phi) is 5.43. The molecular formula is C15H21BrN2O2. The number of benzene rings is 1. The van der Waals surface area contributed by atoms with Gasteiger partial charge < -0.3 is 14.9 Å². The lowest BCUT2D eigenvalue weighted by atomic mass is 10.1. The van der Waals surface area contributed by atoms with E-state index < -0.39 is 0 Å². The van der Waals surface area contributed by atoms with Gasteiger partial charge in [0.25, 0.3) is 5.91 Å². The van der Waals surface area contributed by atoms with Crippen LogP contribution >= 0.6 is 15.9 Å². The SMILES string of the molecule is Cc1ccc(C(=O)N2CCCN(CCBr)CC2)cc1O. The molecule has 1 aliphatic rings. The molecule has 4 nitrogen and oxygen atoms in total. The highest BCUT2D eigenvalue weighted by Crippen LogP contribution is 2.19. The minimum absolute atomic E-state index is 0.0148. The van der Waals surface area contributed by atoms with Gasteiger partial charge in [0.15, 0.2) is 0 Å². The van der Waals surface area contributed by atoms with Crippen LogP contribution in [0, 0.1) is 6.92 Å². The maximum Gasteiger partial charge on any atom is 0.254 e. The summed E-state index contributed by atoms with van der Waals surface area (Å²) in [7, 11) is 0. The van der Waals surface area contributed by atoms with Crippen LogP contribution in [-0.2, 0) is 0 Å². The lowest BCUT2D eigenvalue weighted by molar-refractivity contribution is 0.0761. The van der Waals surface area contributed by atoms with E-state index in [1.54, 1.807) is 18.2 Å². The molecule has 1 amide bonds. The third kappa shape index (κ3) is 3.73. The van der Waals surface area contributed by atoms with Crippen LogP contribution < -0.4 is 0 Å². The number of aryl methyl sites for hydroxylation is 1. The molecule has 1 saturated heterocycles. The molecule has 0 aliphatic carbocycles. The van der Waals surface area contributed by atoms with Crippen LogP contribution in [-0.4, -0.2) is 58.9 Å². The molecule has 1 heterocycles. The lowest BCUT2D eigenvalue weighted by Crippen LogP contribution is -2.35. The van der Waals surface area contributed by atoms with E-state index in [4.69, 9.17) is 0 Å². The first kappa shape index (κ1) is 15.3. The topological polar surface area (TPSA) is 43.8 Å². The number of carbonyl (C=O) groups is 1. The zero-order chi connectivity index (χ0) is 14.5. The van der Waals surface area contributed by atoms with Crippen molar-refractivity contribution in [3.8, 4) is 5.75 Å². The van der Waals surface area contributed by atoms with Crippen molar-refractivity contribution in [2.24, 2.45) is 0 Å². The van der Waals surface area contributed by atoms with Crippen LogP contribution in [0.2, 0.25) is 0 Å². The van der Waals surface area contributed by atoms with Crippen LogP contribution in [0.5, 0.6) is 5.75 Å². The summed E-state index contributed by atoms with van der Waals surface area (Å²) in [4.78, 5) is 16.7. The summed E-state index contributed by atoms with van der Waals surface area (Å²) in [5.74, 6) is 0.201. The van der Waals surface area contributed by atoms with Gasteiger partial charge in [-0.15, -0.1) is 0 Å². The highest BCUT2D eigenvalue weighted by atomic mass is 79.9. The fraction of sp³-hybridized carbons (Fsp3) is 0.533. The highest BCUT2D eigenvalue weighted by Gasteiger charge is 2.20. The Morgan fingerprint density at radius 2 is 2.10 bits per heavy atom. The molecule has 1 fully saturated rings. The van der Waals surface area contributed by atoms with Crippen LogP contribution in [0.3, 0.4) is 0 Å². The van der Waals surface area contributed by atoms with E-state index in [1.807, 2.05) is 11.8 Å². The second-order valence-corrected chi connectivity index (χ2v) is 5.97. The largest absolute Gasteiger partial charge is 0.508 e. The first-order valence-corrected chi connectivity index (χ1v) is 8.11. The molecule has 0 bridgehead atoms. The van der Waals surface area contributed by atoms with Crippen molar-refractivity contribution in [2.75, 3.05) is 38.1 Å². The van der Waals surface area contributed by atoms with Gasteiger partial charge in [0.05, 0.1) is 0 Å². The second-order valence-electron chi connectivity index (χ2n) is 5.18. The predicted molar refractivity (Wildman–Crippen MR) is 83.6 cm³/mol. The zero-order valence-electron chi connectivity index (χ0n) is 11.8. The van der Waals surface area contributed by atoms with Gasteiger partial charge in [0.1, 0.15) is 5.75 Å². The smallest absolute Gasteiger partial charge is 0.254 e. The molecule has 1 aliphatic heterocycles. The first-order chi connectivity index (χ1) is 9.61. The summed E-state index contributed by atoms with van der Waals surface area (Å²) in [5.41, 5.74) is 1.36. The number of phenols is 1. The maximum absolute atomic E-state index is 12.5. The Bertz CT molecular complexity index is 479. The molecule has 2 rings (SSSR count). The van der Waals surface area contributed by atoms with Crippen molar-refractivity contribution in [3.63, 3.8) is 0 Å². The van der Waals surface area contributed by atoms with Crippen molar-refractivity contribution >= 4 is 21.8 Å². The van der Waals surface area contributed by atoms with E-state index in [-0.39, 0.29) is 11.7 Å². The van der Waals surface area contributed by atoms with Crippen LogP contribution in [0.25, 0.3) is 0 Å². The van der Waals surface area contributed by atoms with Gasteiger partial charge in [-0.2, -0.15) is 0 Å². The number of carbonyl (C=O) groups excluding carboxylic acids is 1. The second kappa shape index (κ2) is 7.09. The van der Waals surface area contributed by atoms with Gasteiger partial charge in [-0.05, 0) is 37.6 Å². The molecule has 0 spiro atoms. The van der Waals surface area contributed by atoms with Gasteiger partial charge in [-0.1, -0.05) is 22.0 Å². The van der Waals surface area contributed by atoms with Crippen molar-refractivity contribution in [3.05, 3.63) is 29.3 Å². The van der Waals surface area contributed by atoms with E-state index in [1.165, 1.54) is 0 Å². The summed E-state index contributed by atoms with van der Waals surface area (Å²) in [5, 5.41) is 10.7. The number of nitrogens with zero attached hydrogens (tertiary/aromatic N) is 2. The van der Waals surface area contributed by atoms with Crippen molar-refractivity contribution in [1.29, 1.82) is 0 Å². The molecule has 0 saturated carbocycles. The van der Waals surface area contributed by atoms with Crippen molar-refractivity contribution < 1.29 is 9.90 Å². The number of alkyl halides is 1. The molecule has 1 aromatic carbocycles. The lowest BCUT2D eigenvalue weighted by Gasteiger charge is -2.21. The van der Waals surface area contributed by atoms with Gasteiger partial charge in [-0.25, -0.2) is 0 Å². The predicted octanol–water partition coefficient (Wildman–Crippen LogP) is 2.24. The highest BCUT2D eigenvalue weighted by molar-refractivity contribution is 9.09. The third-order valence-electron chi connectivity index (χ3n) is 3.73. The quantitative estimate of drug-likeness (QED) is 0.858. The number of hydrogen-bond acceptors (Lipinski definition) is 3. The maximum atomic E-state index is 12.5. The van der Waals surface area contributed by atoms with E-state index in [0.717, 1.165) is 50.0 Å². The van der Waals surface area contributed by atoms with E-state index in [2.05, 4.69) is 20.8 Å². The molecule has 110 valence electrons. The van der Waals surface area contributed by atoms with Gasteiger partial charge in [-0.3, -0.25) is 4.79 Å². The molecule has 20 heavy (non-hydrogen) atoms. The molecular weight excluding hydrogens is 320 g/mol. The van der Waals surface area contributed by atoms with Gasteiger partial charge in [0, 0.05) is 37.1 Å². The Balaban J connectivity index is 2.03. The van der Waals surface area contributed by atoms with Crippen LogP contribution in [0.1, 0.15) is 22.3 Å². The normalized spacial score (nSPS) is 17.0. The minimum atomic E-state index is 0.0148. The molecule has 1 aromatic rings. The Morgan fingerprint density at radius 3 is 2.80 bits per heavy atom. The summed E-state index contributed by atoms with van der Waals surface area (Å²) in [6, 6.07) is 5.15. The number of halogens is 1. The van der Waals surface area contributed by atoms with Crippen LogP contribution in [0.15, 0.2) is 18.2 Å². The molecule has 0 atom stereocenters. The van der Waals surface area contributed by atoms with Gasteiger partial charge in [0.2, 0.25) is 0 Å². The minimum Gasteiger partial charge on any atom is -0.508 e. The van der Waals surface area contributed by atoms with E-state index >= 15 is 0 Å². The number of hydrogen-bond donors (Lipinski definition) is 1. The van der Waals surface area contributed by atoms with Gasteiger partial charge >= 0.3 is 0 Å². The standard InChI is InChI=1S/C15H21BrN2O2/c1-12-3-4-13(11-14(12)19)15(20)18-7-2-6-17(8-5-16)9-10-18/h3-4,11,19H,2,5-10H2,1H3. The van der Waals surface area contributed by atoms with E-state index in [9.17, 15) is 9.90 Å². The third-order valence-corrected chi connectivity index (χ3v) is 4.09. The average molecular weight is 341 g/mol. The Morgan fingerprint density at radius 1 is 1.30 bits per heavy atom. The zero-order valence-corrected chi connectivity index (χ0v) is 13.4. The monoisotopic (exact) mass is 340 g/mol. The fourth-order valence-electron chi connectivity index (χ4n) is 2.44. The van der Waals surface area contributed by atoms with Crippen LogP contribution in [0.4, 0.5) is 0 Å². The average Bonchev–Trinajstić information content (AvgIpc) is 2.67. The number of rotatable bonds is 3. The molecule has 0 radical (unpaired) electrons. The fourth-order valence-corrected chi connectivity index (χ4v) is 2.94. The molecule has 0 unspecified atom stereocenters. The number of aromatic hydroxyl groups is 1. The molecule has 0 aromatic heterocycles.